The highest BCUT2D eigenvalue weighted by atomic mass is 19.4. The van der Waals surface area contributed by atoms with Gasteiger partial charge >= 0.3 is 12.3 Å². The number of benzene rings is 1. The molecule has 1 aromatic rings. The second-order valence-corrected chi connectivity index (χ2v) is 4.43. The number of ether oxygens (including phenoxy) is 1. The van der Waals surface area contributed by atoms with Gasteiger partial charge in [-0.25, -0.2) is 9.18 Å². The van der Waals surface area contributed by atoms with Gasteiger partial charge < -0.3 is 9.84 Å². The molecule has 0 aromatic heterocycles. The van der Waals surface area contributed by atoms with E-state index in [-0.39, 0.29) is 22.9 Å². The fraction of sp³-hybridized carbons (Fsp3) is 0.308. The van der Waals surface area contributed by atoms with Crippen LogP contribution in [0, 0.1) is 5.82 Å². The van der Waals surface area contributed by atoms with Crippen molar-refractivity contribution in [1.82, 2.24) is 10.4 Å². The van der Waals surface area contributed by atoms with E-state index in [1.807, 2.05) is 0 Å². The van der Waals surface area contributed by atoms with Gasteiger partial charge in [0, 0.05) is 6.08 Å². The van der Waals surface area contributed by atoms with Crippen molar-refractivity contribution in [3.8, 4) is 0 Å². The minimum Gasteiger partial charge on any atom is -0.448 e. The van der Waals surface area contributed by atoms with E-state index < -0.39 is 23.8 Å². The average molecular weight is 320 g/mol. The van der Waals surface area contributed by atoms with Crippen molar-refractivity contribution in [3.63, 3.8) is 0 Å². The topological polar surface area (TPSA) is 61.8 Å². The van der Waals surface area contributed by atoms with E-state index in [1.165, 1.54) is 19.1 Å². The Labute approximate surface area is 122 Å². The van der Waals surface area contributed by atoms with Crippen LogP contribution in [-0.4, -0.2) is 34.7 Å². The van der Waals surface area contributed by atoms with Crippen molar-refractivity contribution in [3.05, 3.63) is 41.7 Å². The van der Waals surface area contributed by atoms with Gasteiger partial charge in [-0.3, -0.25) is 5.43 Å². The molecule has 9 heteroatoms. The van der Waals surface area contributed by atoms with Crippen molar-refractivity contribution in [2.75, 3.05) is 6.61 Å². The predicted octanol–water partition coefficient (Wildman–Crippen LogP) is 2.39. The Kier molecular flexibility index (Phi) is 4.01. The zero-order valence-corrected chi connectivity index (χ0v) is 11.3. The third-order valence-corrected chi connectivity index (χ3v) is 2.94. The molecule has 5 nitrogen and oxygen atoms in total. The van der Waals surface area contributed by atoms with Crippen LogP contribution in [0.5, 0.6) is 0 Å². The van der Waals surface area contributed by atoms with E-state index in [4.69, 9.17) is 0 Å². The molecule has 1 aliphatic heterocycles. The average Bonchev–Trinajstić information content (AvgIpc) is 2.79. The molecule has 120 valence electrons. The van der Waals surface area contributed by atoms with Crippen LogP contribution in [0.25, 0.3) is 5.70 Å². The molecule has 0 radical (unpaired) electrons. The summed E-state index contributed by atoms with van der Waals surface area (Å²) in [5, 5.41) is 9.80. The summed E-state index contributed by atoms with van der Waals surface area (Å²) in [7, 11) is 0. The van der Waals surface area contributed by atoms with Gasteiger partial charge in [0.2, 0.25) is 0 Å². The van der Waals surface area contributed by atoms with Gasteiger partial charge in [-0.2, -0.15) is 18.2 Å². The number of halogens is 4. The first-order valence-electron chi connectivity index (χ1n) is 6.20. The molecule has 0 bridgehead atoms. The molecule has 0 aliphatic carbocycles. The summed E-state index contributed by atoms with van der Waals surface area (Å²) in [6.45, 7) is 1.24. The number of nitrogens with zero attached hydrogens (tertiary/aromatic N) is 1. The van der Waals surface area contributed by atoms with E-state index in [1.54, 1.807) is 0 Å². The van der Waals surface area contributed by atoms with Gasteiger partial charge in [0.25, 0.3) is 5.72 Å². The zero-order valence-electron chi connectivity index (χ0n) is 11.3. The van der Waals surface area contributed by atoms with Crippen LogP contribution in [0.1, 0.15) is 12.5 Å². The van der Waals surface area contributed by atoms with Gasteiger partial charge in [-0.05, 0) is 36.8 Å². The van der Waals surface area contributed by atoms with Crippen LogP contribution in [-0.2, 0) is 4.74 Å². The molecular formula is C13H12F4N2O3. The number of alkyl halides is 3. The molecule has 1 aliphatic rings. The minimum absolute atomic E-state index is 0.0603. The first-order chi connectivity index (χ1) is 10.2. The summed E-state index contributed by atoms with van der Waals surface area (Å²) < 4.78 is 56.7. The molecule has 0 fully saturated rings. The maximum Gasteiger partial charge on any atom is 0.442 e. The smallest absolute Gasteiger partial charge is 0.442 e. The Morgan fingerprint density at radius 3 is 2.45 bits per heavy atom. The van der Waals surface area contributed by atoms with Crippen molar-refractivity contribution in [1.29, 1.82) is 0 Å². The molecule has 0 spiro atoms. The number of nitrogens with one attached hydrogen (secondary N) is 1. The minimum atomic E-state index is -5.16. The van der Waals surface area contributed by atoms with Gasteiger partial charge in [-0.15, -0.1) is 0 Å². The molecular weight excluding hydrogens is 308 g/mol. The monoisotopic (exact) mass is 320 g/mol. The largest absolute Gasteiger partial charge is 0.448 e. The maximum absolute atomic E-state index is 13.1. The summed E-state index contributed by atoms with van der Waals surface area (Å²) >= 11 is 0. The summed E-state index contributed by atoms with van der Waals surface area (Å²) in [5.41, 5.74) is -1.47. The lowest BCUT2D eigenvalue weighted by molar-refractivity contribution is -0.285. The van der Waals surface area contributed by atoms with Crippen LogP contribution in [0.15, 0.2) is 30.3 Å². The van der Waals surface area contributed by atoms with E-state index in [9.17, 15) is 27.5 Å². The van der Waals surface area contributed by atoms with Gasteiger partial charge in [0.15, 0.2) is 0 Å². The molecule has 2 rings (SSSR count). The lowest BCUT2D eigenvalue weighted by atomic mass is 10.1. The highest BCUT2D eigenvalue weighted by molar-refractivity contribution is 5.76. The normalized spacial score (nSPS) is 21.4. The number of amides is 1. The standard InChI is InChI=1S/C13H12F4N2O3/c1-2-22-11(20)19-12(21,13(15,16)17)7-10(18-19)8-3-5-9(14)6-4-8/h3-7,18,21H,2H2,1H3. The number of carbonyl (C=O) groups is 1. The van der Waals surface area contributed by atoms with Crippen LogP contribution < -0.4 is 5.43 Å². The zero-order chi connectivity index (χ0) is 16.5. The molecule has 2 N–H and O–H groups in total. The van der Waals surface area contributed by atoms with Crippen LogP contribution >= 0.6 is 0 Å². The highest BCUT2D eigenvalue weighted by Gasteiger charge is 2.62. The first kappa shape index (κ1) is 16.1. The summed E-state index contributed by atoms with van der Waals surface area (Å²) in [4.78, 5) is 11.6. The Bertz CT molecular complexity index is 600. The quantitative estimate of drug-likeness (QED) is 0.822. The number of hydrogen-bond acceptors (Lipinski definition) is 4. The molecule has 0 saturated heterocycles. The maximum atomic E-state index is 13.1. The van der Waals surface area contributed by atoms with Gasteiger partial charge in [0.1, 0.15) is 5.82 Å². The van der Waals surface area contributed by atoms with Crippen LogP contribution in [0.4, 0.5) is 22.4 Å². The fourth-order valence-corrected chi connectivity index (χ4v) is 1.86. The van der Waals surface area contributed by atoms with Gasteiger partial charge in [0.05, 0.1) is 12.3 Å². The van der Waals surface area contributed by atoms with E-state index in [0.717, 1.165) is 12.1 Å². The Balaban J connectivity index is 2.41. The van der Waals surface area contributed by atoms with E-state index >= 15 is 0 Å². The van der Waals surface area contributed by atoms with Gasteiger partial charge in [-0.1, -0.05) is 0 Å². The Morgan fingerprint density at radius 1 is 1.36 bits per heavy atom. The Morgan fingerprint density at radius 2 is 1.95 bits per heavy atom. The fourth-order valence-electron chi connectivity index (χ4n) is 1.86. The van der Waals surface area contributed by atoms with Crippen molar-refractivity contribution < 1.29 is 32.2 Å². The van der Waals surface area contributed by atoms with Crippen molar-refractivity contribution >= 4 is 11.8 Å². The number of carbonyl (C=O) groups excluding carboxylic acids is 1. The number of hydrogen-bond donors (Lipinski definition) is 2. The Hall–Kier alpha value is -2.29. The lowest BCUT2D eigenvalue weighted by Gasteiger charge is -2.32. The highest BCUT2D eigenvalue weighted by Crippen LogP contribution is 2.39. The second kappa shape index (κ2) is 5.48. The first-order valence-corrected chi connectivity index (χ1v) is 6.20. The second-order valence-electron chi connectivity index (χ2n) is 4.43. The molecule has 1 atom stereocenters. The predicted molar refractivity (Wildman–Crippen MR) is 67.4 cm³/mol. The summed E-state index contributed by atoms with van der Waals surface area (Å²) in [6.07, 6.45) is -6.12. The number of rotatable bonds is 2. The van der Waals surface area contributed by atoms with E-state index in [2.05, 4.69) is 10.2 Å². The van der Waals surface area contributed by atoms with Crippen molar-refractivity contribution in [2.24, 2.45) is 0 Å². The van der Waals surface area contributed by atoms with E-state index in [0.29, 0.717) is 6.08 Å². The molecule has 0 saturated carbocycles. The van der Waals surface area contributed by atoms with Crippen LogP contribution in [0.3, 0.4) is 0 Å². The SMILES string of the molecule is CCOC(=O)N1NC(c2ccc(F)cc2)=CC1(O)C(F)(F)F. The number of aliphatic hydroxyl groups is 1. The lowest BCUT2D eigenvalue weighted by Crippen LogP contribution is -2.60. The summed E-state index contributed by atoms with van der Waals surface area (Å²) in [5.74, 6) is -0.573. The molecule has 1 aromatic carbocycles. The third kappa shape index (κ3) is 2.71. The summed E-state index contributed by atoms with van der Waals surface area (Å²) in [6, 6.07) is 4.49. The molecule has 1 amide bonds. The van der Waals surface area contributed by atoms with Crippen molar-refractivity contribution in [2.45, 2.75) is 18.8 Å². The molecule has 1 heterocycles. The third-order valence-electron chi connectivity index (χ3n) is 2.94. The number of hydrazine groups is 1. The van der Waals surface area contributed by atoms with Crippen LogP contribution in [0.2, 0.25) is 0 Å². The molecule has 22 heavy (non-hydrogen) atoms. The molecule has 1 unspecified atom stereocenters.